The molecule has 2 atom stereocenters. The van der Waals surface area contributed by atoms with E-state index in [2.05, 4.69) is 53.0 Å². The van der Waals surface area contributed by atoms with Gasteiger partial charge in [-0.15, -0.1) is 0 Å². The molecule has 0 spiro atoms. The minimum atomic E-state index is -2.08. The smallest absolute Gasteiger partial charge is 0.407 e. The van der Waals surface area contributed by atoms with Gasteiger partial charge in [0, 0.05) is 6.42 Å². The molecule has 0 saturated carbocycles. The van der Waals surface area contributed by atoms with Crippen LogP contribution in [0.5, 0.6) is 0 Å². The Morgan fingerprint density at radius 1 is 1.03 bits per heavy atom. The Balaban J connectivity index is 5.46. The van der Waals surface area contributed by atoms with E-state index < -0.39 is 20.0 Å². The van der Waals surface area contributed by atoms with Crippen LogP contribution >= 0.6 is 0 Å². The number of hydrogen-bond acceptors (Lipinski definition) is 5. The lowest BCUT2D eigenvalue weighted by atomic mass is 9.95. The lowest BCUT2D eigenvalue weighted by Gasteiger charge is -2.42. The van der Waals surface area contributed by atoms with Crippen LogP contribution in [0.3, 0.4) is 0 Å². The first kappa shape index (κ1) is 27.9. The van der Waals surface area contributed by atoms with Crippen molar-refractivity contribution in [2.75, 3.05) is 6.61 Å². The van der Waals surface area contributed by atoms with Gasteiger partial charge in [0.25, 0.3) is 0 Å². The molecule has 6 nitrogen and oxygen atoms in total. The molecule has 0 heterocycles. The summed E-state index contributed by atoms with van der Waals surface area (Å²) in [7, 11) is -2.08. The van der Waals surface area contributed by atoms with Gasteiger partial charge in [-0.2, -0.15) is 0 Å². The maximum Gasteiger partial charge on any atom is 0.407 e. The summed E-state index contributed by atoms with van der Waals surface area (Å²) in [6.45, 7) is 22.9. The van der Waals surface area contributed by atoms with Crippen LogP contribution in [-0.2, 0) is 18.7 Å². The van der Waals surface area contributed by atoms with Crippen LogP contribution in [0.2, 0.25) is 18.1 Å². The molecule has 29 heavy (non-hydrogen) atoms. The average molecular weight is 432 g/mol. The fraction of sp³-hybridized carbons (Fsp3) is 0.909. The Labute approximate surface area is 179 Å². The normalized spacial score (nSPS) is 15.0. The van der Waals surface area contributed by atoms with Crippen molar-refractivity contribution in [1.29, 1.82) is 0 Å². The van der Waals surface area contributed by atoms with E-state index in [-0.39, 0.29) is 29.1 Å². The van der Waals surface area contributed by atoms with Gasteiger partial charge in [-0.25, -0.2) is 4.79 Å². The Morgan fingerprint density at radius 2 is 1.59 bits per heavy atom. The summed E-state index contributed by atoms with van der Waals surface area (Å²) < 4.78 is 17.2. The molecule has 0 aliphatic heterocycles. The van der Waals surface area contributed by atoms with E-state index in [9.17, 15) is 9.59 Å². The minimum absolute atomic E-state index is 0.0415. The topological polar surface area (TPSA) is 73.9 Å². The number of nitrogens with one attached hydrogen (secondary N) is 1. The van der Waals surface area contributed by atoms with Gasteiger partial charge in [0.15, 0.2) is 8.32 Å². The summed E-state index contributed by atoms with van der Waals surface area (Å²) in [5, 5.41) is 3.07. The second-order valence-electron chi connectivity index (χ2n) is 10.5. The van der Waals surface area contributed by atoms with Gasteiger partial charge < -0.3 is 19.2 Å². The van der Waals surface area contributed by atoms with Gasteiger partial charge in [0.1, 0.15) is 5.60 Å². The predicted molar refractivity (Wildman–Crippen MR) is 121 cm³/mol. The summed E-state index contributed by atoms with van der Waals surface area (Å²) in [6, 6.07) is -0.207. The van der Waals surface area contributed by atoms with Crippen LogP contribution in [-0.4, -0.2) is 44.7 Å². The lowest BCUT2D eigenvalue weighted by Crippen LogP contribution is -2.54. The quantitative estimate of drug-likeness (QED) is 0.357. The number of hydrogen-bond donors (Lipinski definition) is 1. The molecule has 0 fully saturated rings. The van der Waals surface area contributed by atoms with Gasteiger partial charge in [-0.3, -0.25) is 4.79 Å². The molecule has 0 aromatic heterocycles. The molecule has 0 unspecified atom stereocenters. The Bertz CT molecular complexity index is 520. The van der Waals surface area contributed by atoms with Crippen molar-refractivity contribution in [2.45, 2.75) is 117 Å². The molecule has 7 heteroatoms. The molecule has 0 rings (SSSR count). The van der Waals surface area contributed by atoms with Gasteiger partial charge in [-0.05, 0) is 64.6 Å². The summed E-state index contributed by atoms with van der Waals surface area (Å²) >= 11 is 0. The number of esters is 1. The first-order valence-electron chi connectivity index (χ1n) is 10.8. The van der Waals surface area contributed by atoms with E-state index in [1.54, 1.807) is 6.92 Å². The lowest BCUT2D eigenvalue weighted by molar-refractivity contribution is -0.143. The summed E-state index contributed by atoms with van der Waals surface area (Å²) in [4.78, 5) is 24.2. The maximum absolute atomic E-state index is 12.5. The summed E-state index contributed by atoms with van der Waals surface area (Å²) in [5.41, 5.74) is -0.564. The second-order valence-corrected chi connectivity index (χ2v) is 15.3. The number of amides is 1. The monoisotopic (exact) mass is 431 g/mol. The van der Waals surface area contributed by atoms with Gasteiger partial charge in [0.2, 0.25) is 0 Å². The number of rotatable bonds is 10. The van der Waals surface area contributed by atoms with Crippen LogP contribution in [0.1, 0.15) is 81.6 Å². The molecule has 0 aromatic carbocycles. The third-order valence-corrected chi connectivity index (χ3v) is 9.73. The zero-order valence-corrected chi connectivity index (χ0v) is 21.6. The van der Waals surface area contributed by atoms with Crippen LogP contribution in [0.15, 0.2) is 0 Å². The molecule has 1 amide bonds. The van der Waals surface area contributed by atoms with Crippen molar-refractivity contribution in [3.8, 4) is 0 Å². The van der Waals surface area contributed by atoms with Crippen molar-refractivity contribution in [1.82, 2.24) is 5.32 Å². The van der Waals surface area contributed by atoms with E-state index in [0.717, 1.165) is 0 Å². The fourth-order valence-electron chi connectivity index (χ4n) is 2.68. The SMILES string of the molecule is CCOC(=O)CCC[C@@H](O[Si](C)(C)C(C)(C)C)[C@@H](NC(=O)OC(C)(C)C)C(C)C. The summed E-state index contributed by atoms with van der Waals surface area (Å²) in [5.74, 6) is -0.0420. The van der Waals surface area contributed by atoms with Crippen LogP contribution in [0.4, 0.5) is 4.79 Å². The van der Waals surface area contributed by atoms with Crippen molar-refractivity contribution < 1.29 is 23.5 Å². The summed E-state index contributed by atoms with van der Waals surface area (Å²) in [6.07, 6.45) is 1.03. The first-order chi connectivity index (χ1) is 13.0. The molecule has 1 N–H and O–H groups in total. The zero-order chi connectivity index (χ0) is 23.0. The largest absolute Gasteiger partial charge is 0.466 e. The van der Waals surface area contributed by atoms with Crippen molar-refractivity contribution in [3.05, 3.63) is 0 Å². The molecule has 0 saturated heterocycles. The highest BCUT2D eigenvalue weighted by molar-refractivity contribution is 6.74. The molecular formula is C22H45NO5Si. The minimum Gasteiger partial charge on any atom is -0.466 e. The van der Waals surface area contributed by atoms with Gasteiger partial charge in [0.05, 0.1) is 18.8 Å². The predicted octanol–water partition coefficient (Wildman–Crippen LogP) is 5.66. The molecule has 0 radical (unpaired) electrons. The zero-order valence-electron chi connectivity index (χ0n) is 20.6. The molecule has 0 aliphatic rings. The Hall–Kier alpha value is -1.08. The maximum atomic E-state index is 12.5. The van der Waals surface area contributed by atoms with Crippen molar-refractivity contribution in [3.63, 3.8) is 0 Å². The average Bonchev–Trinajstić information content (AvgIpc) is 2.48. The van der Waals surface area contributed by atoms with E-state index in [0.29, 0.717) is 25.9 Å². The standard InChI is InChI=1S/C22H45NO5Si/c1-12-26-18(24)15-13-14-17(28-29(10,11)22(7,8)9)19(16(2)3)23-20(25)27-21(4,5)6/h16-17,19H,12-15H2,1-11H3,(H,23,25)/t17-,19+/m1/s1. The van der Waals surface area contributed by atoms with Gasteiger partial charge in [-0.1, -0.05) is 34.6 Å². The highest BCUT2D eigenvalue weighted by Gasteiger charge is 2.41. The number of alkyl carbamates (subject to hydrolysis) is 1. The number of ether oxygens (including phenoxy) is 2. The highest BCUT2D eigenvalue weighted by Crippen LogP contribution is 2.38. The van der Waals surface area contributed by atoms with Crippen LogP contribution in [0.25, 0.3) is 0 Å². The first-order valence-corrected chi connectivity index (χ1v) is 13.7. The third kappa shape index (κ3) is 11.0. The van der Waals surface area contributed by atoms with Crippen molar-refractivity contribution >= 4 is 20.4 Å². The van der Waals surface area contributed by atoms with E-state index in [4.69, 9.17) is 13.9 Å². The van der Waals surface area contributed by atoms with Crippen LogP contribution in [0, 0.1) is 5.92 Å². The van der Waals surface area contributed by atoms with Gasteiger partial charge >= 0.3 is 12.1 Å². The van der Waals surface area contributed by atoms with E-state index in [1.807, 2.05) is 20.8 Å². The fourth-order valence-corrected chi connectivity index (χ4v) is 4.06. The molecule has 0 bridgehead atoms. The molecular weight excluding hydrogens is 386 g/mol. The Kier molecular flexibility index (Phi) is 10.9. The number of carbonyl (C=O) groups is 2. The second kappa shape index (κ2) is 11.3. The van der Waals surface area contributed by atoms with E-state index >= 15 is 0 Å². The Morgan fingerprint density at radius 3 is 2.00 bits per heavy atom. The third-order valence-electron chi connectivity index (χ3n) is 5.23. The number of carbonyl (C=O) groups excluding carboxylic acids is 2. The molecule has 172 valence electrons. The highest BCUT2D eigenvalue weighted by atomic mass is 28.4. The molecule has 0 aliphatic carbocycles. The van der Waals surface area contributed by atoms with Crippen molar-refractivity contribution in [2.24, 2.45) is 5.92 Å². The van der Waals surface area contributed by atoms with E-state index in [1.165, 1.54) is 0 Å². The molecule has 0 aromatic rings. The van der Waals surface area contributed by atoms with Crippen LogP contribution < -0.4 is 5.32 Å².